The van der Waals surface area contributed by atoms with E-state index in [2.05, 4.69) is 27.0 Å². The highest BCUT2D eigenvalue weighted by Gasteiger charge is 2.14. The van der Waals surface area contributed by atoms with Crippen molar-refractivity contribution in [1.82, 2.24) is 15.2 Å². The van der Waals surface area contributed by atoms with Gasteiger partial charge >= 0.3 is 0 Å². The molecule has 0 saturated heterocycles. The first-order valence-corrected chi connectivity index (χ1v) is 11.4. The van der Waals surface area contributed by atoms with E-state index in [4.69, 9.17) is 28.9 Å². The lowest BCUT2D eigenvalue weighted by molar-refractivity contribution is 0.0869. The Balaban J connectivity index is 1.74. The summed E-state index contributed by atoms with van der Waals surface area (Å²) in [4.78, 5) is 18.8. The van der Waals surface area contributed by atoms with Crippen molar-refractivity contribution in [2.45, 2.75) is 20.0 Å². The Bertz CT molecular complexity index is 1210. The SMILES string of the molecule is CCN(CC)CC(O)CNC(=O)c1ccc(C#Cc2c(N)ncc3ccc(Cl)cc23)cc1Cl. The summed E-state index contributed by atoms with van der Waals surface area (Å²) in [7, 11) is 0. The number of carbonyl (C=O) groups excluding carboxylic acids is 1. The number of likely N-dealkylation sites (N-methyl/N-ethyl adjacent to an activating group) is 1. The van der Waals surface area contributed by atoms with E-state index in [1.807, 2.05) is 19.9 Å². The molecule has 6 nitrogen and oxygen atoms in total. The molecule has 1 atom stereocenters. The van der Waals surface area contributed by atoms with Gasteiger partial charge in [-0.15, -0.1) is 0 Å². The Morgan fingerprint density at radius 3 is 2.64 bits per heavy atom. The third-order valence-electron chi connectivity index (χ3n) is 5.29. The number of carbonyl (C=O) groups is 1. The number of nitrogens with one attached hydrogen (secondary N) is 1. The van der Waals surface area contributed by atoms with Crippen molar-refractivity contribution >= 4 is 45.7 Å². The summed E-state index contributed by atoms with van der Waals surface area (Å²) < 4.78 is 0. The first-order chi connectivity index (χ1) is 15.8. The number of aromatic nitrogens is 1. The van der Waals surface area contributed by atoms with Gasteiger partial charge in [-0.3, -0.25) is 4.79 Å². The molecular weight excluding hydrogens is 459 g/mol. The van der Waals surface area contributed by atoms with E-state index in [0.717, 1.165) is 23.9 Å². The average molecular weight is 485 g/mol. The molecule has 4 N–H and O–H groups in total. The molecule has 172 valence electrons. The Morgan fingerprint density at radius 2 is 1.94 bits per heavy atom. The molecule has 0 aliphatic rings. The minimum Gasteiger partial charge on any atom is -0.390 e. The van der Waals surface area contributed by atoms with Gasteiger partial charge in [0.25, 0.3) is 5.91 Å². The van der Waals surface area contributed by atoms with E-state index in [1.165, 1.54) is 0 Å². The standard InChI is InChI=1S/C25H26Cl2N4O2/c1-3-31(4-2)15-19(32)14-30-25(33)21-10-6-16(11-23(21)27)5-9-20-22-12-18(26)8-7-17(22)13-29-24(20)28/h6-8,10-13,19,32H,3-4,14-15H2,1-2H3,(H2,28,29)(H,30,33). The first kappa shape index (κ1) is 24.8. The lowest BCUT2D eigenvalue weighted by atomic mass is 10.1. The number of rotatable bonds is 7. The van der Waals surface area contributed by atoms with Gasteiger partial charge in [0.1, 0.15) is 5.82 Å². The second kappa shape index (κ2) is 11.4. The zero-order valence-corrected chi connectivity index (χ0v) is 20.0. The van der Waals surface area contributed by atoms with Crippen LogP contribution in [0.5, 0.6) is 0 Å². The van der Waals surface area contributed by atoms with Gasteiger partial charge in [-0.05, 0) is 43.4 Å². The minimum absolute atomic E-state index is 0.142. The number of benzene rings is 2. The van der Waals surface area contributed by atoms with Gasteiger partial charge in [0.05, 0.1) is 22.3 Å². The number of hydrogen-bond donors (Lipinski definition) is 3. The van der Waals surface area contributed by atoms with Crippen molar-refractivity contribution in [2.24, 2.45) is 0 Å². The van der Waals surface area contributed by atoms with Gasteiger partial charge in [-0.1, -0.05) is 55.0 Å². The van der Waals surface area contributed by atoms with Crippen molar-refractivity contribution in [2.75, 3.05) is 31.9 Å². The lowest BCUT2D eigenvalue weighted by Crippen LogP contribution is -2.40. The zero-order chi connectivity index (χ0) is 24.0. The summed E-state index contributed by atoms with van der Waals surface area (Å²) >= 11 is 12.5. The van der Waals surface area contributed by atoms with Crippen molar-refractivity contribution < 1.29 is 9.90 Å². The smallest absolute Gasteiger partial charge is 0.252 e. The second-order valence-corrected chi connectivity index (χ2v) is 8.39. The van der Waals surface area contributed by atoms with Gasteiger partial charge in [-0.25, -0.2) is 4.98 Å². The van der Waals surface area contributed by atoms with Crippen LogP contribution < -0.4 is 11.1 Å². The van der Waals surface area contributed by atoms with Crippen LogP contribution in [0.25, 0.3) is 10.8 Å². The van der Waals surface area contributed by atoms with Crippen LogP contribution in [0.2, 0.25) is 10.0 Å². The van der Waals surface area contributed by atoms with Crippen LogP contribution in [0.4, 0.5) is 5.82 Å². The number of anilines is 1. The lowest BCUT2D eigenvalue weighted by Gasteiger charge is -2.22. The molecule has 1 aromatic heterocycles. The largest absolute Gasteiger partial charge is 0.390 e. The van der Waals surface area contributed by atoms with Gasteiger partial charge in [0, 0.05) is 40.6 Å². The molecule has 8 heteroatoms. The maximum absolute atomic E-state index is 12.5. The molecule has 0 fully saturated rings. The number of fused-ring (bicyclic) bond motifs is 1. The number of aliphatic hydroxyl groups excluding tert-OH is 1. The summed E-state index contributed by atoms with van der Waals surface area (Å²) in [5, 5.41) is 15.4. The van der Waals surface area contributed by atoms with Crippen molar-refractivity contribution in [1.29, 1.82) is 0 Å². The van der Waals surface area contributed by atoms with Crippen LogP contribution in [-0.4, -0.2) is 53.2 Å². The van der Waals surface area contributed by atoms with Gasteiger partial charge in [0.15, 0.2) is 0 Å². The summed E-state index contributed by atoms with van der Waals surface area (Å²) in [6, 6.07) is 10.4. The molecule has 1 amide bonds. The number of nitrogen functional groups attached to an aromatic ring is 1. The van der Waals surface area contributed by atoms with E-state index < -0.39 is 6.10 Å². The molecule has 0 bridgehead atoms. The average Bonchev–Trinajstić information content (AvgIpc) is 2.80. The third-order valence-corrected chi connectivity index (χ3v) is 5.84. The highest BCUT2D eigenvalue weighted by atomic mass is 35.5. The first-order valence-electron chi connectivity index (χ1n) is 10.7. The number of pyridine rings is 1. The molecule has 0 aliphatic heterocycles. The molecule has 0 saturated carbocycles. The minimum atomic E-state index is -0.661. The predicted molar refractivity (Wildman–Crippen MR) is 135 cm³/mol. The molecule has 0 spiro atoms. The number of amides is 1. The Morgan fingerprint density at radius 1 is 1.18 bits per heavy atom. The summed E-state index contributed by atoms with van der Waals surface area (Å²) in [5.41, 5.74) is 7.56. The van der Waals surface area contributed by atoms with E-state index >= 15 is 0 Å². The molecular formula is C25H26Cl2N4O2. The van der Waals surface area contributed by atoms with Crippen molar-refractivity contribution in [3.05, 3.63) is 69.3 Å². The van der Waals surface area contributed by atoms with Crippen molar-refractivity contribution in [3.8, 4) is 11.8 Å². The van der Waals surface area contributed by atoms with Crippen LogP contribution in [0.3, 0.4) is 0 Å². The Hall–Kier alpha value is -2.82. The third kappa shape index (κ3) is 6.37. The van der Waals surface area contributed by atoms with Gasteiger partial charge in [0.2, 0.25) is 0 Å². The number of halogens is 2. The number of nitrogens with two attached hydrogens (primary N) is 1. The fourth-order valence-corrected chi connectivity index (χ4v) is 3.83. The van der Waals surface area contributed by atoms with Crippen LogP contribution in [0.15, 0.2) is 42.6 Å². The van der Waals surface area contributed by atoms with Crippen LogP contribution >= 0.6 is 23.2 Å². The van der Waals surface area contributed by atoms with E-state index in [-0.39, 0.29) is 17.5 Å². The second-order valence-electron chi connectivity index (χ2n) is 7.54. The van der Waals surface area contributed by atoms with E-state index in [1.54, 1.807) is 36.5 Å². The van der Waals surface area contributed by atoms with Crippen LogP contribution in [-0.2, 0) is 0 Å². The van der Waals surface area contributed by atoms with Crippen LogP contribution in [0.1, 0.15) is 35.3 Å². The molecule has 33 heavy (non-hydrogen) atoms. The molecule has 0 radical (unpaired) electrons. The molecule has 2 aromatic carbocycles. The van der Waals surface area contributed by atoms with E-state index in [0.29, 0.717) is 34.1 Å². The molecule has 3 aromatic rings. The number of nitrogens with zero attached hydrogens (tertiary/aromatic N) is 2. The maximum atomic E-state index is 12.5. The topological polar surface area (TPSA) is 91.5 Å². The summed E-state index contributed by atoms with van der Waals surface area (Å²) in [6.07, 6.45) is 1.01. The zero-order valence-electron chi connectivity index (χ0n) is 18.5. The van der Waals surface area contributed by atoms with Crippen molar-refractivity contribution in [3.63, 3.8) is 0 Å². The number of aliphatic hydroxyl groups is 1. The summed E-state index contributed by atoms with van der Waals surface area (Å²) in [6.45, 7) is 6.36. The summed E-state index contributed by atoms with van der Waals surface area (Å²) in [5.74, 6) is 6.04. The molecule has 3 rings (SSSR count). The monoisotopic (exact) mass is 484 g/mol. The molecule has 1 heterocycles. The molecule has 0 aliphatic carbocycles. The van der Waals surface area contributed by atoms with Gasteiger partial charge in [-0.2, -0.15) is 0 Å². The normalized spacial score (nSPS) is 11.8. The Kier molecular flexibility index (Phi) is 8.54. The van der Waals surface area contributed by atoms with E-state index in [9.17, 15) is 9.90 Å². The highest BCUT2D eigenvalue weighted by molar-refractivity contribution is 6.34. The fourth-order valence-electron chi connectivity index (χ4n) is 3.39. The highest BCUT2D eigenvalue weighted by Crippen LogP contribution is 2.25. The maximum Gasteiger partial charge on any atom is 0.252 e. The Labute approximate surface area is 203 Å². The quantitative estimate of drug-likeness (QED) is 0.441. The fraction of sp³-hybridized carbons (Fsp3) is 0.280. The molecule has 1 unspecified atom stereocenters. The number of hydrogen-bond acceptors (Lipinski definition) is 5. The predicted octanol–water partition coefficient (Wildman–Crippen LogP) is 3.96. The van der Waals surface area contributed by atoms with Gasteiger partial charge < -0.3 is 21.1 Å². The van der Waals surface area contributed by atoms with Crippen LogP contribution in [0, 0.1) is 11.8 Å².